The summed E-state index contributed by atoms with van der Waals surface area (Å²) in [5.74, 6) is 0.319. The number of phenolic OH excluding ortho intramolecular Hbond substituents is 1. The maximum Gasteiger partial charge on any atom is 0.227 e. The summed E-state index contributed by atoms with van der Waals surface area (Å²) in [4.78, 5) is 17.2. The van der Waals surface area contributed by atoms with Gasteiger partial charge in [-0.2, -0.15) is 0 Å². The Balaban J connectivity index is 1.74. The first-order valence-corrected chi connectivity index (χ1v) is 8.94. The average Bonchev–Trinajstić information content (AvgIpc) is 3.15. The zero-order valence-electron chi connectivity index (χ0n) is 14.8. The van der Waals surface area contributed by atoms with Crippen LogP contribution < -0.4 is 0 Å². The quantitative estimate of drug-likeness (QED) is 0.879. The number of likely N-dealkylation sites (tertiary alicyclic amines) is 1. The highest BCUT2D eigenvalue weighted by Crippen LogP contribution is 2.24. The van der Waals surface area contributed by atoms with Gasteiger partial charge in [-0.15, -0.1) is 0 Å². The minimum atomic E-state index is 0.0592. The van der Waals surface area contributed by atoms with Crippen LogP contribution in [0.4, 0.5) is 0 Å². The molecule has 1 atom stereocenters. The number of amides is 1. The van der Waals surface area contributed by atoms with Crippen LogP contribution in [0, 0.1) is 0 Å². The van der Waals surface area contributed by atoms with Crippen LogP contribution in [0.25, 0.3) is 0 Å². The maximum absolute atomic E-state index is 12.8. The Labute approximate surface area is 149 Å². The third-order valence-electron chi connectivity index (χ3n) is 4.97. The second-order valence-electron chi connectivity index (χ2n) is 6.78. The van der Waals surface area contributed by atoms with Crippen molar-refractivity contribution in [1.29, 1.82) is 0 Å². The molecule has 2 aromatic carbocycles. The van der Waals surface area contributed by atoms with Gasteiger partial charge in [0.2, 0.25) is 5.91 Å². The lowest BCUT2D eigenvalue weighted by Gasteiger charge is -2.32. The Morgan fingerprint density at radius 2 is 1.72 bits per heavy atom. The van der Waals surface area contributed by atoms with Gasteiger partial charge in [0.15, 0.2) is 0 Å². The molecule has 1 aliphatic rings. The van der Waals surface area contributed by atoms with Gasteiger partial charge in [0.25, 0.3) is 0 Å². The summed E-state index contributed by atoms with van der Waals surface area (Å²) in [5, 5.41) is 9.40. The van der Waals surface area contributed by atoms with Gasteiger partial charge in [-0.3, -0.25) is 4.79 Å². The van der Waals surface area contributed by atoms with E-state index in [1.165, 1.54) is 18.4 Å². The van der Waals surface area contributed by atoms with Gasteiger partial charge in [0.05, 0.1) is 12.5 Å². The molecular formula is C21H26N2O2. The van der Waals surface area contributed by atoms with Gasteiger partial charge in [-0.05, 0) is 49.2 Å². The van der Waals surface area contributed by atoms with Gasteiger partial charge in [0, 0.05) is 13.6 Å². The number of rotatable bonds is 6. The molecule has 132 valence electrons. The maximum atomic E-state index is 12.8. The number of aromatic hydroxyl groups is 1. The molecule has 1 N–H and O–H groups in total. The standard InChI is InChI=1S/C21H26N2O2/c1-22(21(25)15-17-9-11-19(24)12-10-17)20(16-23-13-5-6-14-23)18-7-3-2-4-8-18/h2-4,7-12,20,24H,5-6,13-16H2,1H3/t20-/m1/s1. The molecule has 0 radical (unpaired) electrons. The summed E-state index contributed by atoms with van der Waals surface area (Å²) >= 11 is 0. The van der Waals surface area contributed by atoms with Gasteiger partial charge >= 0.3 is 0 Å². The van der Waals surface area contributed by atoms with E-state index in [-0.39, 0.29) is 17.7 Å². The first-order chi connectivity index (χ1) is 12.1. The molecule has 1 saturated heterocycles. The minimum Gasteiger partial charge on any atom is -0.508 e. The first-order valence-electron chi connectivity index (χ1n) is 8.94. The van der Waals surface area contributed by atoms with E-state index in [1.807, 2.05) is 30.1 Å². The van der Waals surface area contributed by atoms with Crippen molar-refractivity contribution < 1.29 is 9.90 Å². The molecule has 0 saturated carbocycles. The number of carbonyl (C=O) groups excluding carboxylic acids is 1. The Kier molecular flexibility index (Phi) is 5.71. The van der Waals surface area contributed by atoms with Crippen molar-refractivity contribution in [3.05, 3.63) is 65.7 Å². The van der Waals surface area contributed by atoms with Gasteiger partial charge in [-0.25, -0.2) is 0 Å². The zero-order valence-corrected chi connectivity index (χ0v) is 14.8. The first kappa shape index (κ1) is 17.5. The van der Waals surface area contributed by atoms with Crippen molar-refractivity contribution in [3.8, 4) is 5.75 Å². The molecule has 0 aromatic heterocycles. The summed E-state index contributed by atoms with van der Waals surface area (Å²) in [5.41, 5.74) is 2.10. The molecule has 0 aliphatic carbocycles. The second-order valence-corrected chi connectivity index (χ2v) is 6.78. The average molecular weight is 338 g/mol. The largest absolute Gasteiger partial charge is 0.508 e. The van der Waals surface area contributed by atoms with Crippen molar-refractivity contribution in [1.82, 2.24) is 9.80 Å². The van der Waals surface area contributed by atoms with E-state index in [9.17, 15) is 9.90 Å². The lowest BCUT2D eigenvalue weighted by molar-refractivity contribution is -0.131. The highest BCUT2D eigenvalue weighted by atomic mass is 16.3. The van der Waals surface area contributed by atoms with Crippen molar-refractivity contribution >= 4 is 5.91 Å². The van der Waals surface area contributed by atoms with Crippen molar-refractivity contribution in [2.75, 3.05) is 26.7 Å². The van der Waals surface area contributed by atoms with Gasteiger partial charge < -0.3 is 14.9 Å². The van der Waals surface area contributed by atoms with Crippen LogP contribution in [-0.2, 0) is 11.2 Å². The van der Waals surface area contributed by atoms with Gasteiger partial charge in [0.1, 0.15) is 5.75 Å². The topological polar surface area (TPSA) is 43.8 Å². The highest BCUT2D eigenvalue weighted by molar-refractivity contribution is 5.79. The van der Waals surface area contributed by atoms with E-state index in [4.69, 9.17) is 0 Å². The van der Waals surface area contributed by atoms with Crippen LogP contribution in [-0.4, -0.2) is 47.5 Å². The number of carbonyl (C=O) groups is 1. The normalized spacial score (nSPS) is 15.9. The molecule has 1 aliphatic heterocycles. The summed E-state index contributed by atoms with van der Waals surface area (Å²) in [6, 6.07) is 17.2. The zero-order chi connectivity index (χ0) is 17.6. The Morgan fingerprint density at radius 1 is 1.08 bits per heavy atom. The summed E-state index contributed by atoms with van der Waals surface area (Å²) in [6.07, 6.45) is 2.83. The lowest BCUT2D eigenvalue weighted by atomic mass is 10.0. The van der Waals surface area contributed by atoms with Crippen molar-refractivity contribution in [3.63, 3.8) is 0 Å². The fourth-order valence-electron chi connectivity index (χ4n) is 3.42. The number of hydrogen-bond acceptors (Lipinski definition) is 3. The SMILES string of the molecule is CN(C(=O)Cc1ccc(O)cc1)[C@H](CN1CCCC1)c1ccccc1. The fraction of sp³-hybridized carbons (Fsp3) is 0.381. The molecule has 0 spiro atoms. The molecule has 25 heavy (non-hydrogen) atoms. The van der Waals surface area contributed by atoms with Crippen LogP contribution in [0.3, 0.4) is 0 Å². The van der Waals surface area contributed by atoms with Crippen LogP contribution in [0.5, 0.6) is 5.75 Å². The summed E-state index contributed by atoms with van der Waals surface area (Å²) in [7, 11) is 1.90. The van der Waals surface area contributed by atoms with E-state index in [0.29, 0.717) is 6.42 Å². The number of benzene rings is 2. The third-order valence-corrected chi connectivity index (χ3v) is 4.97. The second kappa shape index (κ2) is 8.17. The van der Waals surface area contributed by atoms with E-state index in [0.717, 1.165) is 25.2 Å². The molecule has 0 unspecified atom stereocenters. The Hall–Kier alpha value is -2.33. The van der Waals surface area contributed by atoms with E-state index in [2.05, 4.69) is 17.0 Å². The van der Waals surface area contributed by atoms with Crippen LogP contribution in [0.2, 0.25) is 0 Å². The van der Waals surface area contributed by atoms with Crippen LogP contribution in [0.15, 0.2) is 54.6 Å². The predicted octanol–water partition coefficient (Wildman–Crippen LogP) is 3.23. The van der Waals surface area contributed by atoms with E-state index >= 15 is 0 Å². The molecule has 1 heterocycles. The lowest BCUT2D eigenvalue weighted by Crippen LogP contribution is -2.39. The van der Waals surface area contributed by atoms with E-state index < -0.39 is 0 Å². The highest BCUT2D eigenvalue weighted by Gasteiger charge is 2.25. The molecule has 0 bridgehead atoms. The van der Waals surface area contributed by atoms with Crippen LogP contribution >= 0.6 is 0 Å². The Bertz CT molecular complexity index is 679. The fourth-order valence-corrected chi connectivity index (χ4v) is 3.42. The number of nitrogens with zero attached hydrogens (tertiary/aromatic N) is 2. The smallest absolute Gasteiger partial charge is 0.227 e. The third kappa shape index (κ3) is 4.60. The molecule has 1 amide bonds. The van der Waals surface area contributed by atoms with Crippen molar-refractivity contribution in [2.45, 2.75) is 25.3 Å². The molecule has 4 nitrogen and oxygen atoms in total. The number of likely N-dealkylation sites (N-methyl/N-ethyl adjacent to an activating group) is 1. The summed E-state index contributed by atoms with van der Waals surface area (Å²) < 4.78 is 0. The summed E-state index contributed by atoms with van der Waals surface area (Å²) in [6.45, 7) is 3.11. The molecule has 4 heteroatoms. The van der Waals surface area contributed by atoms with Gasteiger partial charge in [-0.1, -0.05) is 42.5 Å². The Morgan fingerprint density at radius 3 is 2.36 bits per heavy atom. The number of phenols is 1. The predicted molar refractivity (Wildman–Crippen MR) is 99.4 cm³/mol. The molecular weight excluding hydrogens is 312 g/mol. The molecule has 1 fully saturated rings. The van der Waals surface area contributed by atoms with Crippen LogP contribution in [0.1, 0.15) is 30.0 Å². The minimum absolute atomic E-state index is 0.0592. The monoisotopic (exact) mass is 338 g/mol. The molecule has 3 rings (SSSR count). The molecule has 2 aromatic rings. The van der Waals surface area contributed by atoms with E-state index in [1.54, 1.807) is 24.3 Å². The van der Waals surface area contributed by atoms with Crippen molar-refractivity contribution in [2.24, 2.45) is 0 Å². The number of hydrogen-bond donors (Lipinski definition) is 1.